The van der Waals surface area contributed by atoms with E-state index in [1.54, 1.807) is 7.11 Å². The van der Waals surface area contributed by atoms with Crippen molar-refractivity contribution >= 4 is 5.97 Å². The van der Waals surface area contributed by atoms with Gasteiger partial charge < -0.3 is 14.7 Å². The fraction of sp³-hybridized carbons (Fsp3) is 0.909. The molecule has 0 saturated heterocycles. The molecule has 0 aliphatic rings. The molecule has 0 spiro atoms. The van der Waals surface area contributed by atoms with Crippen molar-refractivity contribution in [2.24, 2.45) is 0 Å². The predicted molar refractivity (Wildman–Crippen MR) is 60.1 cm³/mol. The molecule has 15 heavy (non-hydrogen) atoms. The van der Waals surface area contributed by atoms with Gasteiger partial charge in [0.15, 0.2) is 0 Å². The van der Waals surface area contributed by atoms with Crippen LogP contribution in [0.5, 0.6) is 0 Å². The highest BCUT2D eigenvalue weighted by Gasteiger charge is 2.10. The van der Waals surface area contributed by atoms with Gasteiger partial charge in [-0.15, -0.1) is 0 Å². The van der Waals surface area contributed by atoms with Crippen LogP contribution in [0.25, 0.3) is 0 Å². The predicted octanol–water partition coefficient (Wildman–Crippen LogP) is 1.60. The second kappa shape index (κ2) is 8.68. The number of aliphatic carboxylic acids is 1. The minimum atomic E-state index is -0.724. The molecule has 0 heterocycles. The maximum Gasteiger partial charge on any atom is 0.304 e. The van der Waals surface area contributed by atoms with E-state index in [0.717, 1.165) is 26.0 Å². The Morgan fingerprint density at radius 3 is 2.47 bits per heavy atom. The van der Waals surface area contributed by atoms with Crippen LogP contribution >= 0.6 is 0 Å². The highest BCUT2D eigenvalue weighted by atomic mass is 16.5. The topological polar surface area (TPSA) is 49.8 Å². The number of carboxylic acids is 1. The lowest BCUT2D eigenvalue weighted by Crippen LogP contribution is -2.33. The number of carbonyl (C=O) groups is 1. The number of unbranched alkanes of at least 4 members (excludes halogenated alkanes) is 1. The third kappa shape index (κ3) is 8.39. The van der Waals surface area contributed by atoms with Crippen LogP contribution < -0.4 is 0 Å². The van der Waals surface area contributed by atoms with Crippen LogP contribution in [-0.2, 0) is 9.53 Å². The molecule has 0 aromatic rings. The van der Waals surface area contributed by atoms with Crippen molar-refractivity contribution in [1.29, 1.82) is 0 Å². The summed E-state index contributed by atoms with van der Waals surface area (Å²) in [4.78, 5) is 12.7. The molecule has 4 heteroatoms. The van der Waals surface area contributed by atoms with Gasteiger partial charge in [-0.25, -0.2) is 0 Å². The van der Waals surface area contributed by atoms with Crippen molar-refractivity contribution < 1.29 is 14.6 Å². The van der Waals surface area contributed by atoms with Crippen molar-refractivity contribution in [1.82, 2.24) is 4.90 Å². The normalized spacial score (nSPS) is 11.3. The Kier molecular flexibility index (Phi) is 8.33. The first kappa shape index (κ1) is 14.4. The van der Waals surface area contributed by atoms with Crippen LogP contribution in [0.4, 0.5) is 0 Å². The Bertz CT molecular complexity index is 171. The monoisotopic (exact) mass is 217 g/mol. The van der Waals surface area contributed by atoms with Crippen molar-refractivity contribution in [3.8, 4) is 0 Å². The zero-order chi connectivity index (χ0) is 11.7. The summed E-state index contributed by atoms with van der Waals surface area (Å²) in [6.45, 7) is 6.56. The summed E-state index contributed by atoms with van der Waals surface area (Å²) in [5, 5.41) is 8.61. The van der Waals surface area contributed by atoms with Gasteiger partial charge in [0.1, 0.15) is 0 Å². The molecule has 90 valence electrons. The molecular formula is C11H23NO3. The van der Waals surface area contributed by atoms with Crippen LogP contribution in [0.3, 0.4) is 0 Å². The molecule has 0 rings (SSSR count). The Morgan fingerprint density at radius 1 is 1.33 bits per heavy atom. The van der Waals surface area contributed by atoms with E-state index in [1.165, 1.54) is 0 Å². The van der Waals surface area contributed by atoms with Crippen molar-refractivity contribution in [2.75, 3.05) is 26.8 Å². The maximum atomic E-state index is 10.5. The zero-order valence-electron chi connectivity index (χ0n) is 10.0. The summed E-state index contributed by atoms with van der Waals surface area (Å²) in [5.74, 6) is -0.724. The molecule has 0 saturated carbocycles. The van der Waals surface area contributed by atoms with Crippen molar-refractivity contribution in [3.05, 3.63) is 0 Å². The van der Waals surface area contributed by atoms with Gasteiger partial charge in [-0.05, 0) is 33.2 Å². The fourth-order valence-corrected chi connectivity index (χ4v) is 1.43. The van der Waals surface area contributed by atoms with Gasteiger partial charge >= 0.3 is 5.97 Å². The molecule has 1 N–H and O–H groups in total. The van der Waals surface area contributed by atoms with E-state index >= 15 is 0 Å². The second-order valence-electron chi connectivity index (χ2n) is 3.97. The molecule has 4 nitrogen and oxygen atoms in total. The highest BCUT2D eigenvalue weighted by Crippen LogP contribution is 2.03. The lowest BCUT2D eigenvalue weighted by atomic mass is 10.2. The summed E-state index contributed by atoms with van der Waals surface area (Å²) in [6, 6.07) is 0.409. The molecule has 0 aromatic carbocycles. The lowest BCUT2D eigenvalue weighted by Gasteiger charge is -2.25. The van der Waals surface area contributed by atoms with Gasteiger partial charge in [0.05, 0.1) is 6.42 Å². The van der Waals surface area contributed by atoms with E-state index < -0.39 is 5.97 Å². The summed E-state index contributed by atoms with van der Waals surface area (Å²) < 4.78 is 4.97. The van der Waals surface area contributed by atoms with Crippen LogP contribution in [0.2, 0.25) is 0 Å². The number of methoxy groups -OCH3 is 1. The minimum absolute atomic E-state index is 0.225. The Balaban J connectivity index is 3.68. The number of hydrogen-bond donors (Lipinski definition) is 1. The number of ether oxygens (including phenoxy) is 1. The number of nitrogens with zero attached hydrogens (tertiary/aromatic N) is 1. The minimum Gasteiger partial charge on any atom is -0.481 e. The van der Waals surface area contributed by atoms with E-state index in [-0.39, 0.29) is 6.42 Å². The van der Waals surface area contributed by atoms with Gasteiger partial charge in [-0.1, -0.05) is 0 Å². The van der Waals surface area contributed by atoms with Crippen LogP contribution in [0.1, 0.15) is 33.1 Å². The first-order valence-electron chi connectivity index (χ1n) is 5.52. The van der Waals surface area contributed by atoms with Crippen LogP contribution in [-0.4, -0.2) is 48.8 Å². The largest absolute Gasteiger partial charge is 0.481 e. The summed E-state index contributed by atoms with van der Waals surface area (Å²) in [7, 11) is 1.70. The zero-order valence-corrected chi connectivity index (χ0v) is 10.0. The van der Waals surface area contributed by atoms with Crippen molar-refractivity contribution in [2.45, 2.75) is 39.2 Å². The Morgan fingerprint density at radius 2 is 2.00 bits per heavy atom. The van der Waals surface area contributed by atoms with E-state index in [9.17, 15) is 4.79 Å². The molecule has 0 radical (unpaired) electrons. The molecule has 0 bridgehead atoms. The third-order valence-corrected chi connectivity index (χ3v) is 2.39. The molecule has 0 fully saturated rings. The molecule has 0 aliphatic heterocycles. The number of carboxylic acid groups (broad SMARTS) is 1. The Hall–Kier alpha value is -0.610. The van der Waals surface area contributed by atoms with E-state index in [1.807, 2.05) is 0 Å². The van der Waals surface area contributed by atoms with Gasteiger partial charge in [0.25, 0.3) is 0 Å². The number of rotatable bonds is 9. The van der Waals surface area contributed by atoms with Gasteiger partial charge in [-0.2, -0.15) is 0 Å². The molecule has 0 aromatic heterocycles. The van der Waals surface area contributed by atoms with Gasteiger partial charge in [-0.3, -0.25) is 4.79 Å². The van der Waals surface area contributed by atoms with Crippen LogP contribution in [0.15, 0.2) is 0 Å². The van der Waals surface area contributed by atoms with E-state index in [4.69, 9.17) is 9.84 Å². The first-order valence-corrected chi connectivity index (χ1v) is 5.52. The second-order valence-corrected chi connectivity index (χ2v) is 3.97. The van der Waals surface area contributed by atoms with E-state index in [2.05, 4.69) is 18.7 Å². The molecular weight excluding hydrogens is 194 g/mol. The summed E-state index contributed by atoms with van der Waals surface area (Å²) >= 11 is 0. The molecule has 0 amide bonds. The lowest BCUT2D eigenvalue weighted by molar-refractivity contribution is -0.137. The van der Waals surface area contributed by atoms with Crippen LogP contribution in [0, 0.1) is 0 Å². The van der Waals surface area contributed by atoms with E-state index in [0.29, 0.717) is 12.6 Å². The SMILES string of the molecule is COCCCCN(CCC(=O)O)C(C)C. The van der Waals surface area contributed by atoms with Crippen molar-refractivity contribution in [3.63, 3.8) is 0 Å². The molecule has 0 atom stereocenters. The average molecular weight is 217 g/mol. The first-order chi connectivity index (χ1) is 7.07. The number of hydrogen-bond acceptors (Lipinski definition) is 3. The maximum absolute atomic E-state index is 10.5. The third-order valence-electron chi connectivity index (χ3n) is 2.39. The standard InChI is InChI=1S/C11H23NO3/c1-10(2)12(8-6-11(13)14)7-4-5-9-15-3/h10H,4-9H2,1-3H3,(H,13,14). The smallest absolute Gasteiger partial charge is 0.304 e. The summed E-state index contributed by atoms with van der Waals surface area (Å²) in [5.41, 5.74) is 0. The quantitative estimate of drug-likeness (QED) is 0.596. The molecule has 0 unspecified atom stereocenters. The Labute approximate surface area is 92.2 Å². The van der Waals surface area contributed by atoms with Gasteiger partial charge in [0.2, 0.25) is 0 Å². The fourth-order valence-electron chi connectivity index (χ4n) is 1.43. The molecule has 0 aliphatic carbocycles. The average Bonchev–Trinajstić information content (AvgIpc) is 2.15. The summed E-state index contributed by atoms with van der Waals surface area (Å²) in [6.07, 6.45) is 2.32. The van der Waals surface area contributed by atoms with Gasteiger partial charge in [0, 0.05) is 26.3 Å². The highest BCUT2D eigenvalue weighted by molar-refractivity contribution is 5.66.